The molecule has 23 heavy (non-hydrogen) atoms. The van der Waals surface area contributed by atoms with Crippen LogP contribution in [0.4, 0.5) is 11.6 Å². The minimum atomic E-state index is -2.99. The minimum Gasteiger partial charge on any atom is -0.359 e. The number of rotatable bonds is 2. The third kappa shape index (κ3) is 2.76. The monoisotopic (exact) mass is 353 g/mol. The van der Waals surface area contributed by atoms with Crippen molar-refractivity contribution in [2.24, 2.45) is 5.73 Å². The van der Waals surface area contributed by atoms with Crippen LogP contribution in [0.25, 0.3) is 10.4 Å². The number of halogens is 1. The number of hydrogen-bond donors (Lipinski definition) is 1. The van der Waals surface area contributed by atoms with Crippen LogP contribution in [-0.4, -0.2) is 42.4 Å². The number of anilines is 1. The topological polar surface area (TPSA) is 85.1 Å². The van der Waals surface area contributed by atoms with Gasteiger partial charge >= 0.3 is 0 Å². The molecule has 1 aliphatic heterocycles. The van der Waals surface area contributed by atoms with Gasteiger partial charge in [0.25, 0.3) is 5.82 Å². The highest BCUT2D eigenvalue weighted by molar-refractivity contribution is 7.91. The summed E-state index contributed by atoms with van der Waals surface area (Å²) >= 11 is 6.31. The Kier molecular flexibility index (Phi) is 3.96. The molecule has 0 amide bonds. The van der Waals surface area contributed by atoms with E-state index in [4.69, 9.17) is 23.9 Å². The number of fused-ring (bicyclic) bond motifs is 1. The van der Waals surface area contributed by atoms with Crippen LogP contribution in [0, 0.1) is 6.57 Å². The molecule has 0 spiro atoms. The minimum absolute atomic E-state index is 0.0971. The largest absolute Gasteiger partial charge is 0.359 e. The quantitative estimate of drug-likeness (QED) is 0.832. The molecule has 2 N–H and O–H groups in total. The molecule has 0 bridgehead atoms. The first-order valence-corrected chi connectivity index (χ1v) is 9.32. The Balaban J connectivity index is 2.22. The SMILES string of the molecule is [C-]#[N+]c1ncn2c(N3CCS(=O)(=O)CC3)c(C(C)N)cc(Cl)c12. The van der Waals surface area contributed by atoms with Crippen molar-refractivity contribution in [1.82, 2.24) is 9.38 Å². The highest BCUT2D eigenvalue weighted by atomic mass is 35.5. The number of sulfone groups is 1. The van der Waals surface area contributed by atoms with Crippen molar-refractivity contribution in [2.75, 3.05) is 29.5 Å². The molecule has 3 heterocycles. The summed E-state index contributed by atoms with van der Waals surface area (Å²) in [6.45, 7) is 9.82. The second kappa shape index (κ2) is 5.67. The van der Waals surface area contributed by atoms with E-state index in [1.165, 1.54) is 0 Å². The molecule has 1 aliphatic rings. The molecule has 122 valence electrons. The first-order chi connectivity index (χ1) is 10.8. The normalized spacial score (nSPS) is 18.8. The van der Waals surface area contributed by atoms with Crippen LogP contribution in [0.5, 0.6) is 0 Å². The average molecular weight is 354 g/mol. The van der Waals surface area contributed by atoms with Gasteiger partial charge in [0.2, 0.25) is 0 Å². The maximum Gasteiger partial charge on any atom is 0.296 e. The second-order valence-corrected chi connectivity index (χ2v) is 8.31. The summed E-state index contributed by atoms with van der Waals surface area (Å²) < 4.78 is 25.1. The van der Waals surface area contributed by atoms with E-state index in [9.17, 15) is 8.42 Å². The van der Waals surface area contributed by atoms with Gasteiger partial charge in [0.05, 0.1) is 22.0 Å². The number of pyridine rings is 1. The van der Waals surface area contributed by atoms with E-state index in [-0.39, 0.29) is 23.4 Å². The summed E-state index contributed by atoms with van der Waals surface area (Å²) in [6.07, 6.45) is 1.54. The zero-order valence-electron chi connectivity index (χ0n) is 12.5. The lowest BCUT2D eigenvalue weighted by atomic mass is 10.1. The van der Waals surface area contributed by atoms with E-state index < -0.39 is 9.84 Å². The number of imidazole rings is 1. The third-order valence-electron chi connectivity index (χ3n) is 3.98. The Labute approximate surface area is 139 Å². The zero-order chi connectivity index (χ0) is 16.8. The van der Waals surface area contributed by atoms with Crippen molar-refractivity contribution in [2.45, 2.75) is 13.0 Å². The van der Waals surface area contributed by atoms with E-state index in [0.717, 1.165) is 11.4 Å². The molecule has 0 radical (unpaired) electrons. The van der Waals surface area contributed by atoms with Crippen molar-refractivity contribution in [3.63, 3.8) is 0 Å². The molecule has 0 aromatic carbocycles. The molecule has 0 aliphatic carbocycles. The van der Waals surface area contributed by atoms with E-state index in [1.807, 2.05) is 11.8 Å². The Hall–Kier alpha value is -1.82. The van der Waals surface area contributed by atoms with Crippen molar-refractivity contribution in [3.8, 4) is 0 Å². The second-order valence-electron chi connectivity index (χ2n) is 5.60. The molecule has 0 saturated carbocycles. The Bertz CT molecular complexity index is 899. The summed E-state index contributed by atoms with van der Waals surface area (Å²) in [5.74, 6) is 1.17. The van der Waals surface area contributed by atoms with Crippen molar-refractivity contribution in [3.05, 3.63) is 34.4 Å². The average Bonchev–Trinajstić information content (AvgIpc) is 2.92. The maximum absolute atomic E-state index is 11.7. The molecule has 1 fully saturated rings. The highest BCUT2D eigenvalue weighted by Gasteiger charge is 2.27. The van der Waals surface area contributed by atoms with Crippen LogP contribution in [0.2, 0.25) is 5.02 Å². The van der Waals surface area contributed by atoms with Gasteiger partial charge in [-0.1, -0.05) is 18.2 Å². The van der Waals surface area contributed by atoms with Crippen molar-refractivity contribution < 1.29 is 8.42 Å². The third-order valence-corrected chi connectivity index (χ3v) is 5.88. The zero-order valence-corrected chi connectivity index (χ0v) is 14.1. The van der Waals surface area contributed by atoms with E-state index >= 15 is 0 Å². The molecule has 1 saturated heterocycles. The molecular weight excluding hydrogens is 338 g/mol. The summed E-state index contributed by atoms with van der Waals surface area (Å²) in [5.41, 5.74) is 7.40. The predicted molar refractivity (Wildman–Crippen MR) is 89.9 cm³/mol. The summed E-state index contributed by atoms with van der Waals surface area (Å²) in [7, 11) is -2.99. The van der Waals surface area contributed by atoms with Crippen LogP contribution < -0.4 is 10.6 Å². The van der Waals surface area contributed by atoms with Gasteiger partial charge in [-0.05, 0) is 13.0 Å². The van der Waals surface area contributed by atoms with Crippen molar-refractivity contribution in [1.29, 1.82) is 0 Å². The number of nitrogens with zero attached hydrogens (tertiary/aromatic N) is 4. The standard InChI is InChI=1S/C14H16ClN5O2S/c1-9(16)10-7-11(15)12-13(17-2)18-8-20(12)14(10)19-3-5-23(21,22)6-4-19/h7-9H,3-6,16H2,1H3. The Morgan fingerprint density at radius 3 is 2.65 bits per heavy atom. The molecule has 2 aromatic rings. The van der Waals surface area contributed by atoms with Crippen molar-refractivity contribution >= 4 is 38.6 Å². The van der Waals surface area contributed by atoms with Gasteiger partial charge < -0.3 is 15.5 Å². The molecule has 1 atom stereocenters. The van der Waals surface area contributed by atoms with Crippen LogP contribution in [0.1, 0.15) is 18.5 Å². The van der Waals surface area contributed by atoms with E-state index in [2.05, 4.69) is 9.83 Å². The first-order valence-electron chi connectivity index (χ1n) is 7.12. The van der Waals surface area contributed by atoms with Gasteiger partial charge in [0.1, 0.15) is 5.82 Å². The molecule has 1 unspecified atom stereocenters. The fourth-order valence-electron chi connectivity index (χ4n) is 2.81. The van der Waals surface area contributed by atoms with Crippen LogP contribution >= 0.6 is 11.6 Å². The van der Waals surface area contributed by atoms with Gasteiger partial charge in [0, 0.05) is 24.7 Å². The Morgan fingerprint density at radius 2 is 2.09 bits per heavy atom. The van der Waals surface area contributed by atoms with Gasteiger partial charge in [-0.3, -0.25) is 4.40 Å². The molecule has 7 nitrogen and oxygen atoms in total. The summed E-state index contributed by atoms with van der Waals surface area (Å²) in [6, 6.07) is 1.46. The first kappa shape index (κ1) is 16.1. The lowest BCUT2D eigenvalue weighted by Crippen LogP contribution is -2.41. The van der Waals surface area contributed by atoms with Crippen LogP contribution in [-0.2, 0) is 9.84 Å². The number of aromatic nitrogens is 2. The van der Waals surface area contributed by atoms with Gasteiger partial charge in [-0.2, -0.15) is 0 Å². The fourth-order valence-corrected chi connectivity index (χ4v) is 4.30. The molecular formula is C14H16ClN5O2S. The predicted octanol–water partition coefficient (Wildman–Crippen LogP) is 1.79. The van der Waals surface area contributed by atoms with Crippen LogP contribution in [0.15, 0.2) is 12.4 Å². The highest BCUT2D eigenvalue weighted by Crippen LogP contribution is 2.36. The number of hydrogen-bond acceptors (Lipinski definition) is 5. The van der Waals surface area contributed by atoms with Gasteiger partial charge in [0.15, 0.2) is 16.2 Å². The Morgan fingerprint density at radius 1 is 1.43 bits per heavy atom. The molecule has 2 aromatic heterocycles. The summed E-state index contributed by atoms with van der Waals surface area (Å²) in [4.78, 5) is 9.46. The van der Waals surface area contributed by atoms with Gasteiger partial charge in [-0.25, -0.2) is 8.42 Å². The lowest BCUT2D eigenvalue weighted by Gasteiger charge is -2.32. The maximum atomic E-state index is 11.7. The molecule has 9 heteroatoms. The molecule has 3 rings (SSSR count). The van der Waals surface area contributed by atoms with E-state index in [0.29, 0.717) is 23.6 Å². The van der Waals surface area contributed by atoms with E-state index in [1.54, 1.807) is 16.8 Å². The summed E-state index contributed by atoms with van der Waals surface area (Å²) in [5, 5.41) is 0.411. The van der Waals surface area contributed by atoms with Gasteiger partial charge in [-0.15, -0.1) is 4.98 Å². The lowest BCUT2D eigenvalue weighted by molar-refractivity contribution is 0.585. The number of nitrogens with two attached hydrogens (primary N) is 1. The smallest absolute Gasteiger partial charge is 0.296 e. The van der Waals surface area contributed by atoms with Crippen LogP contribution in [0.3, 0.4) is 0 Å². The fraction of sp³-hybridized carbons (Fsp3) is 0.429.